The Kier molecular flexibility index (Phi) is 4.99. The topological polar surface area (TPSA) is 167 Å². The van der Waals surface area contributed by atoms with Gasteiger partial charge in [0.15, 0.2) is 11.6 Å². The molecule has 0 atom stereocenters. The minimum atomic E-state index is -0.809. The fourth-order valence-corrected chi connectivity index (χ4v) is 5.69. The molecule has 6 rings (SSSR count). The van der Waals surface area contributed by atoms with E-state index in [-0.39, 0.29) is 67.9 Å². The first kappa shape index (κ1) is 24.1. The van der Waals surface area contributed by atoms with Gasteiger partial charge in [-0.1, -0.05) is 12.1 Å². The number of ether oxygens (including phenoxy) is 1. The Hall–Kier alpha value is -5.31. The van der Waals surface area contributed by atoms with Crippen LogP contribution in [0.25, 0.3) is 28.0 Å². The van der Waals surface area contributed by atoms with E-state index in [0.29, 0.717) is 10.9 Å². The fourth-order valence-electron chi connectivity index (χ4n) is 5.69. The van der Waals surface area contributed by atoms with Crippen molar-refractivity contribution in [1.82, 2.24) is 0 Å². The van der Waals surface area contributed by atoms with Crippen molar-refractivity contribution in [2.45, 2.75) is 13.3 Å². The number of hydrogen-bond donors (Lipinski definition) is 5. The van der Waals surface area contributed by atoms with Crippen LogP contribution in [0.4, 0.5) is 0 Å². The van der Waals surface area contributed by atoms with Gasteiger partial charge in [0.05, 0.1) is 35.6 Å². The molecule has 0 saturated heterocycles. The van der Waals surface area contributed by atoms with Crippen LogP contribution in [0, 0.1) is 6.92 Å². The molecule has 0 spiro atoms. The van der Waals surface area contributed by atoms with Crippen LogP contribution >= 0.6 is 0 Å². The first-order chi connectivity index (χ1) is 18.5. The summed E-state index contributed by atoms with van der Waals surface area (Å²) < 4.78 is 5.46. The van der Waals surface area contributed by atoms with Gasteiger partial charge in [-0.25, -0.2) is 0 Å². The molecule has 0 aliphatic heterocycles. The second-order valence-corrected chi connectivity index (χ2v) is 9.62. The molecule has 9 nitrogen and oxygen atoms in total. The summed E-state index contributed by atoms with van der Waals surface area (Å²) in [6.07, 6.45) is 1.31. The maximum atomic E-state index is 14.0. The van der Waals surface area contributed by atoms with Crippen LogP contribution in [0.1, 0.15) is 59.7 Å². The number of carbonyl (C=O) groups excluding carboxylic acids is 3. The molecule has 0 radical (unpaired) electrons. The van der Waals surface area contributed by atoms with Crippen molar-refractivity contribution in [1.29, 1.82) is 0 Å². The number of nitrogens with two attached hydrogens (primary N) is 1. The van der Waals surface area contributed by atoms with Crippen molar-refractivity contribution in [2.24, 2.45) is 5.73 Å². The maximum Gasteiger partial charge on any atom is 0.201 e. The zero-order valence-electron chi connectivity index (χ0n) is 20.7. The van der Waals surface area contributed by atoms with E-state index < -0.39 is 40.2 Å². The quantitative estimate of drug-likeness (QED) is 0.226. The molecule has 6 N–H and O–H groups in total. The van der Waals surface area contributed by atoms with Gasteiger partial charge in [-0.05, 0) is 47.7 Å². The number of phenols is 4. The molecule has 4 aromatic carbocycles. The van der Waals surface area contributed by atoms with Crippen molar-refractivity contribution in [3.8, 4) is 39.9 Å². The molecule has 0 amide bonds. The SMILES string of the molecule is COc1cccc2c(-c3c(O)cc(O)c4c3C(=O)c3cc(C)cc(O)c3C4=O)c3c(c(O)c12)C(=O)CC(N)=C3. The summed E-state index contributed by atoms with van der Waals surface area (Å²) in [4.78, 5) is 40.8. The van der Waals surface area contributed by atoms with E-state index >= 15 is 0 Å². The Bertz CT molecular complexity index is 1880. The largest absolute Gasteiger partial charge is 0.507 e. The lowest BCUT2D eigenvalue weighted by Crippen LogP contribution is -2.23. The zero-order valence-corrected chi connectivity index (χ0v) is 20.7. The lowest BCUT2D eigenvalue weighted by Gasteiger charge is -2.26. The van der Waals surface area contributed by atoms with E-state index in [1.54, 1.807) is 25.1 Å². The highest BCUT2D eigenvalue weighted by molar-refractivity contribution is 6.33. The zero-order chi connectivity index (χ0) is 27.9. The minimum absolute atomic E-state index is 0.0825. The number of Topliss-reactive ketones (excluding diaryl/α,β-unsaturated/α-hetero) is 1. The van der Waals surface area contributed by atoms with Gasteiger partial charge in [-0.3, -0.25) is 14.4 Å². The molecule has 39 heavy (non-hydrogen) atoms. The van der Waals surface area contributed by atoms with E-state index in [1.807, 2.05) is 0 Å². The molecule has 0 heterocycles. The van der Waals surface area contributed by atoms with E-state index in [0.717, 1.165) is 6.07 Å². The predicted molar refractivity (Wildman–Crippen MR) is 142 cm³/mol. The highest BCUT2D eigenvalue weighted by Gasteiger charge is 2.40. The van der Waals surface area contributed by atoms with Crippen molar-refractivity contribution in [3.05, 3.63) is 81.0 Å². The van der Waals surface area contributed by atoms with E-state index in [2.05, 4.69) is 0 Å². The summed E-state index contributed by atoms with van der Waals surface area (Å²) in [6.45, 7) is 1.64. The number of allylic oxidation sites excluding steroid dienone is 1. The van der Waals surface area contributed by atoms with Gasteiger partial charge in [0, 0.05) is 34.0 Å². The first-order valence-electron chi connectivity index (χ1n) is 11.9. The molecule has 2 aliphatic carbocycles. The van der Waals surface area contributed by atoms with Gasteiger partial charge in [-0.15, -0.1) is 0 Å². The number of aryl methyl sites for hydroxylation is 1. The molecular weight excluding hydrogens is 502 g/mol. The molecule has 2 aliphatic rings. The normalized spacial score (nSPS) is 14.1. The van der Waals surface area contributed by atoms with E-state index in [4.69, 9.17) is 10.5 Å². The number of phenolic OH excluding ortho intramolecular Hbond substituents is 4. The number of aromatic hydroxyl groups is 4. The maximum absolute atomic E-state index is 14.0. The first-order valence-corrected chi connectivity index (χ1v) is 11.9. The highest BCUT2D eigenvalue weighted by Crippen LogP contribution is 2.52. The molecule has 4 aromatic rings. The summed E-state index contributed by atoms with van der Waals surface area (Å²) in [5, 5.41) is 44.2. The smallest absolute Gasteiger partial charge is 0.201 e. The molecule has 194 valence electrons. The number of benzene rings is 4. The van der Waals surface area contributed by atoms with E-state index in [1.165, 1.54) is 25.3 Å². The molecular formula is C30H21NO8. The van der Waals surface area contributed by atoms with Crippen molar-refractivity contribution >= 4 is 34.2 Å². The summed E-state index contributed by atoms with van der Waals surface area (Å²) in [7, 11) is 1.39. The number of methoxy groups -OCH3 is 1. The predicted octanol–water partition coefficient (Wildman–Crippen LogP) is 4.31. The van der Waals surface area contributed by atoms with Crippen molar-refractivity contribution in [2.75, 3.05) is 7.11 Å². The van der Waals surface area contributed by atoms with Gasteiger partial charge in [0.2, 0.25) is 5.78 Å². The number of fused-ring (bicyclic) bond motifs is 4. The third-order valence-electron chi connectivity index (χ3n) is 7.22. The Morgan fingerprint density at radius 3 is 2.21 bits per heavy atom. The number of carbonyl (C=O) groups is 3. The average molecular weight is 523 g/mol. The lowest BCUT2D eigenvalue weighted by molar-refractivity contribution is 0.0974. The summed E-state index contributed by atoms with van der Waals surface area (Å²) in [6, 6.07) is 8.52. The number of ketones is 3. The monoisotopic (exact) mass is 523 g/mol. The van der Waals surface area contributed by atoms with Crippen LogP contribution in [-0.2, 0) is 0 Å². The summed E-state index contributed by atoms with van der Waals surface area (Å²) >= 11 is 0. The Morgan fingerprint density at radius 1 is 0.795 bits per heavy atom. The third kappa shape index (κ3) is 3.16. The van der Waals surface area contributed by atoms with Crippen LogP contribution in [0.15, 0.2) is 42.1 Å². The average Bonchev–Trinajstić information content (AvgIpc) is 2.86. The molecule has 0 aromatic heterocycles. The van der Waals surface area contributed by atoms with Crippen molar-refractivity contribution < 1.29 is 39.5 Å². The molecule has 0 saturated carbocycles. The fraction of sp³-hybridized carbons (Fsp3) is 0.100. The molecule has 0 fully saturated rings. The second-order valence-electron chi connectivity index (χ2n) is 9.62. The summed E-state index contributed by atoms with van der Waals surface area (Å²) in [5.41, 5.74) is 5.76. The summed E-state index contributed by atoms with van der Waals surface area (Å²) in [5.74, 6) is -3.77. The minimum Gasteiger partial charge on any atom is -0.507 e. The van der Waals surface area contributed by atoms with E-state index in [9.17, 15) is 34.8 Å². The van der Waals surface area contributed by atoms with Gasteiger partial charge in [0.25, 0.3) is 0 Å². The lowest BCUT2D eigenvalue weighted by atomic mass is 9.76. The van der Waals surface area contributed by atoms with Gasteiger partial charge in [-0.2, -0.15) is 0 Å². The number of rotatable bonds is 2. The Morgan fingerprint density at radius 2 is 1.49 bits per heavy atom. The van der Waals surface area contributed by atoms with Crippen molar-refractivity contribution in [3.63, 3.8) is 0 Å². The van der Waals surface area contributed by atoms with Gasteiger partial charge >= 0.3 is 0 Å². The van der Waals surface area contributed by atoms with Crippen LogP contribution in [0.5, 0.6) is 28.7 Å². The van der Waals surface area contributed by atoms with Crippen LogP contribution in [0.3, 0.4) is 0 Å². The number of hydrogen-bond acceptors (Lipinski definition) is 9. The Balaban J connectivity index is 1.84. The van der Waals surface area contributed by atoms with Crippen LogP contribution < -0.4 is 10.5 Å². The highest BCUT2D eigenvalue weighted by atomic mass is 16.5. The molecule has 0 bridgehead atoms. The Labute approximate surface area is 221 Å². The molecule has 9 heteroatoms. The van der Waals surface area contributed by atoms with Gasteiger partial charge < -0.3 is 30.9 Å². The van der Waals surface area contributed by atoms with Gasteiger partial charge in [0.1, 0.15) is 28.7 Å². The second kappa shape index (κ2) is 8.09. The van der Waals surface area contributed by atoms with Crippen LogP contribution in [-0.4, -0.2) is 44.9 Å². The third-order valence-corrected chi connectivity index (χ3v) is 7.22. The molecule has 0 unspecified atom stereocenters. The van der Waals surface area contributed by atoms with Crippen LogP contribution in [0.2, 0.25) is 0 Å². The standard InChI is InChI=1S/C30H21NO8/c1-11-6-15-23(16(32)7-11)30(38)26-19(35)10-18(34)25(27(26)28(15)36)21-13-4-3-5-20(39-2)24(13)29(37)22-14(21)8-12(31)9-17(22)33/h3-8,10,32,34-35,37H,9,31H2,1-2H3.